The smallest absolute Gasteiger partial charge is 0.229 e. The summed E-state index contributed by atoms with van der Waals surface area (Å²) in [6.07, 6.45) is 6.54. The number of nitrogens with one attached hydrogen (secondary N) is 1. The lowest BCUT2D eigenvalue weighted by Gasteiger charge is -2.20. The Morgan fingerprint density at radius 1 is 0.972 bits per heavy atom. The van der Waals surface area contributed by atoms with Gasteiger partial charge in [0.1, 0.15) is 22.8 Å². The summed E-state index contributed by atoms with van der Waals surface area (Å²) >= 11 is 0. The van der Waals surface area contributed by atoms with Gasteiger partial charge < -0.3 is 23.7 Å². The summed E-state index contributed by atoms with van der Waals surface area (Å²) in [7, 11) is 1.08. The minimum Gasteiger partial charge on any atom is -0.496 e. The van der Waals surface area contributed by atoms with Gasteiger partial charge >= 0.3 is 0 Å². The highest BCUT2D eigenvalue weighted by molar-refractivity contribution is 7.92. The van der Waals surface area contributed by atoms with Crippen LogP contribution in [0.3, 0.4) is 0 Å². The van der Waals surface area contributed by atoms with E-state index in [2.05, 4.69) is 4.72 Å². The number of benzene rings is 2. The fraction of sp³-hybridized carbons (Fsp3) is 0.346. The molecule has 2 aromatic rings. The van der Waals surface area contributed by atoms with Gasteiger partial charge in [0.05, 0.1) is 13.4 Å². The number of sulfonamides is 1. The summed E-state index contributed by atoms with van der Waals surface area (Å²) in [6.45, 7) is 3.87. The first-order valence-electron chi connectivity index (χ1n) is 11.0. The molecular weight excluding hydrogens is 486 g/mol. The second-order valence-corrected chi connectivity index (χ2v) is 9.79. The van der Waals surface area contributed by atoms with E-state index < -0.39 is 10.0 Å². The zero-order valence-corrected chi connectivity index (χ0v) is 22.2. The topological polar surface area (TPSA) is 109 Å². The summed E-state index contributed by atoms with van der Waals surface area (Å²) in [5.74, 6) is 0.678. The van der Waals surface area contributed by atoms with Crippen molar-refractivity contribution in [2.24, 2.45) is 0 Å². The second-order valence-electron chi connectivity index (χ2n) is 8.04. The highest BCUT2D eigenvalue weighted by atomic mass is 32.2. The Balaban J connectivity index is 2.52. The highest BCUT2D eigenvalue weighted by Crippen LogP contribution is 2.41. The van der Waals surface area contributed by atoms with Crippen molar-refractivity contribution in [1.82, 2.24) is 0 Å². The number of hydrogen-bond donors (Lipinski definition) is 1. The lowest BCUT2D eigenvalue weighted by Crippen LogP contribution is -2.12. The first-order chi connectivity index (χ1) is 17.1. The molecule has 0 radical (unpaired) electrons. The molecule has 0 aromatic heterocycles. The zero-order valence-electron chi connectivity index (χ0n) is 21.4. The minimum absolute atomic E-state index is 0.00603. The van der Waals surface area contributed by atoms with Crippen LogP contribution in [-0.4, -0.2) is 55.4 Å². The van der Waals surface area contributed by atoms with E-state index in [0.717, 1.165) is 11.8 Å². The molecule has 0 saturated carbocycles. The van der Waals surface area contributed by atoms with Crippen LogP contribution in [-0.2, 0) is 25.9 Å². The SMILES string of the molecule is COCOc1cc(OC)c(C(=O)/C=C/c2ccc(NS(C)(=O)=O)cc2)c(OCOC)c1CC=C(C)C. The van der Waals surface area contributed by atoms with Gasteiger partial charge in [-0.25, -0.2) is 8.42 Å². The molecule has 0 heterocycles. The second kappa shape index (κ2) is 13.7. The maximum Gasteiger partial charge on any atom is 0.229 e. The summed E-state index contributed by atoms with van der Waals surface area (Å²) in [5, 5.41) is 0. The van der Waals surface area contributed by atoms with Crippen LogP contribution in [0.15, 0.2) is 48.1 Å². The van der Waals surface area contributed by atoms with Crippen molar-refractivity contribution in [1.29, 1.82) is 0 Å². The Morgan fingerprint density at radius 2 is 1.61 bits per heavy atom. The highest BCUT2D eigenvalue weighted by Gasteiger charge is 2.25. The van der Waals surface area contributed by atoms with E-state index in [9.17, 15) is 13.2 Å². The number of methoxy groups -OCH3 is 3. The minimum atomic E-state index is -3.38. The monoisotopic (exact) mass is 519 g/mol. The van der Waals surface area contributed by atoms with Crippen LogP contribution >= 0.6 is 0 Å². The molecule has 2 aromatic carbocycles. The van der Waals surface area contributed by atoms with Crippen molar-refractivity contribution in [2.75, 3.05) is 45.9 Å². The van der Waals surface area contributed by atoms with Crippen molar-refractivity contribution in [3.8, 4) is 17.2 Å². The number of rotatable bonds is 14. The molecule has 36 heavy (non-hydrogen) atoms. The maximum absolute atomic E-state index is 13.4. The average Bonchev–Trinajstić information content (AvgIpc) is 2.82. The molecule has 0 atom stereocenters. The largest absolute Gasteiger partial charge is 0.496 e. The van der Waals surface area contributed by atoms with Crippen molar-refractivity contribution in [3.05, 3.63) is 64.7 Å². The number of carbonyl (C=O) groups is 1. The van der Waals surface area contributed by atoms with Gasteiger partial charge in [0, 0.05) is 31.5 Å². The molecule has 196 valence electrons. The van der Waals surface area contributed by atoms with Gasteiger partial charge in [-0.05, 0) is 44.0 Å². The fourth-order valence-corrected chi connectivity index (χ4v) is 3.77. The first-order valence-corrected chi connectivity index (χ1v) is 12.9. The lowest BCUT2D eigenvalue weighted by molar-refractivity contribution is 0.0441. The van der Waals surface area contributed by atoms with E-state index in [-0.39, 0.29) is 30.7 Å². The van der Waals surface area contributed by atoms with Crippen LogP contribution in [0.2, 0.25) is 0 Å². The molecule has 10 heteroatoms. The number of anilines is 1. The molecule has 1 N–H and O–H groups in total. The average molecular weight is 520 g/mol. The van der Waals surface area contributed by atoms with Crippen LogP contribution in [0.1, 0.15) is 35.3 Å². The number of carbonyl (C=O) groups excluding carboxylic acids is 1. The van der Waals surface area contributed by atoms with E-state index in [1.807, 2.05) is 19.9 Å². The third-order valence-corrected chi connectivity index (χ3v) is 5.39. The molecule has 0 aliphatic carbocycles. The Morgan fingerprint density at radius 3 is 2.17 bits per heavy atom. The molecular formula is C26H33NO8S. The third kappa shape index (κ3) is 8.71. The van der Waals surface area contributed by atoms with Gasteiger partial charge in [0.2, 0.25) is 10.0 Å². The number of ketones is 1. The normalized spacial score (nSPS) is 11.3. The van der Waals surface area contributed by atoms with E-state index in [1.54, 1.807) is 36.4 Å². The molecule has 9 nitrogen and oxygen atoms in total. The van der Waals surface area contributed by atoms with Gasteiger partial charge in [-0.2, -0.15) is 0 Å². The van der Waals surface area contributed by atoms with Crippen molar-refractivity contribution < 1.29 is 36.9 Å². The molecule has 0 aliphatic heterocycles. The Labute approximate surface area is 212 Å². The molecule has 2 rings (SSSR count). The van der Waals surface area contributed by atoms with Crippen molar-refractivity contribution >= 4 is 27.6 Å². The molecule has 0 unspecified atom stereocenters. The molecule has 0 amide bonds. The van der Waals surface area contributed by atoms with Crippen molar-refractivity contribution in [2.45, 2.75) is 20.3 Å². The lowest BCUT2D eigenvalue weighted by atomic mass is 9.99. The summed E-state index contributed by atoms with van der Waals surface area (Å²) in [5.41, 5.74) is 3.09. The summed E-state index contributed by atoms with van der Waals surface area (Å²) < 4.78 is 52.5. The summed E-state index contributed by atoms with van der Waals surface area (Å²) in [4.78, 5) is 13.4. The van der Waals surface area contributed by atoms with E-state index >= 15 is 0 Å². The number of ether oxygens (including phenoxy) is 5. The molecule has 0 bridgehead atoms. The Bertz CT molecular complexity index is 1200. The van der Waals surface area contributed by atoms with Gasteiger partial charge in [-0.3, -0.25) is 9.52 Å². The fourth-order valence-electron chi connectivity index (χ4n) is 3.21. The zero-order chi connectivity index (χ0) is 26.7. The molecule has 0 fully saturated rings. The van der Waals surface area contributed by atoms with Crippen LogP contribution in [0.4, 0.5) is 5.69 Å². The van der Waals surface area contributed by atoms with Gasteiger partial charge in [0.15, 0.2) is 19.4 Å². The van der Waals surface area contributed by atoms with Gasteiger partial charge in [-0.1, -0.05) is 29.9 Å². The third-order valence-electron chi connectivity index (χ3n) is 4.78. The van der Waals surface area contributed by atoms with Crippen LogP contribution in [0.25, 0.3) is 6.08 Å². The van der Waals surface area contributed by atoms with Crippen molar-refractivity contribution in [3.63, 3.8) is 0 Å². The van der Waals surface area contributed by atoms with E-state index in [1.165, 1.54) is 27.4 Å². The van der Waals surface area contributed by atoms with Crippen LogP contribution < -0.4 is 18.9 Å². The summed E-state index contributed by atoms with van der Waals surface area (Å²) in [6, 6.07) is 8.24. The van der Waals surface area contributed by atoms with E-state index in [0.29, 0.717) is 34.7 Å². The number of hydrogen-bond acceptors (Lipinski definition) is 8. The Kier molecular flexibility index (Phi) is 11.0. The quantitative estimate of drug-likeness (QED) is 0.169. The molecule has 0 saturated heterocycles. The first kappa shape index (κ1) is 28.9. The van der Waals surface area contributed by atoms with Gasteiger partial charge in [0.25, 0.3) is 0 Å². The van der Waals surface area contributed by atoms with E-state index in [4.69, 9.17) is 23.7 Å². The van der Waals surface area contributed by atoms with Crippen LogP contribution in [0, 0.1) is 0 Å². The van der Waals surface area contributed by atoms with Crippen LogP contribution in [0.5, 0.6) is 17.2 Å². The molecule has 0 aliphatic rings. The van der Waals surface area contributed by atoms with Gasteiger partial charge in [-0.15, -0.1) is 0 Å². The maximum atomic E-state index is 13.4. The predicted molar refractivity (Wildman–Crippen MR) is 139 cm³/mol. The predicted octanol–water partition coefficient (Wildman–Crippen LogP) is 4.44. The Hall–Kier alpha value is -3.34. The standard InChI is InChI=1S/C26H33NO8S/c1-18(2)7-13-21-23(34-16-31-3)15-24(33-5)25(26(21)35-17-32-4)22(28)14-10-19-8-11-20(12-9-19)27-36(6,29)30/h7-12,14-15,27H,13,16-17H2,1-6H3/b14-10+. The molecule has 0 spiro atoms. The number of allylic oxidation sites excluding steroid dienone is 3.